The van der Waals surface area contributed by atoms with Gasteiger partial charge in [0, 0.05) is 54.5 Å². The van der Waals surface area contributed by atoms with E-state index in [9.17, 15) is 14.9 Å². The van der Waals surface area contributed by atoms with Gasteiger partial charge in [-0.1, -0.05) is 22.0 Å². The molecule has 0 spiro atoms. The Bertz CT molecular complexity index is 851. The monoisotopic (exact) mass is 432 g/mol. The van der Waals surface area contributed by atoms with Gasteiger partial charge in [-0.15, -0.1) is 0 Å². The minimum Gasteiger partial charge on any atom is -0.380 e. The first-order chi connectivity index (χ1) is 13.0. The van der Waals surface area contributed by atoms with Crippen LogP contribution in [0.1, 0.15) is 17.3 Å². The molecule has 27 heavy (non-hydrogen) atoms. The minimum atomic E-state index is -0.379. The number of piperazine rings is 1. The van der Waals surface area contributed by atoms with Crippen LogP contribution < -0.4 is 10.2 Å². The number of hydrogen-bond donors (Lipinski definition) is 1. The molecule has 142 valence electrons. The molecule has 1 N–H and O–H groups in total. The molecule has 1 aliphatic heterocycles. The Hall–Kier alpha value is -2.61. The predicted molar refractivity (Wildman–Crippen MR) is 110 cm³/mol. The second-order valence-electron chi connectivity index (χ2n) is 6.28. The fourth-order valence-corrected chi connectivity index (χ4v) is 3.58. The SMILES string of the molecule is CCNc1cc(N2CCN(C(=O)c3cccc(Br)c3)CC2)ccc1[N+](=O)[O-]. The van der Waals surface area contributed by atoms with Crippen molar-refractivity contribution in [1.29, 1.82) is 0 Å². The summed E-state index contributed by atoms with van der Waals surface area (Å²) in [5.74, 6) is 0.0213. The van der Waals surface area contributed by atoms with Crippen LogP contribution in [0, 0.1) is 10.1 Å². The maximum Gasteiger partial charge on any atom is 0.292 e. The van der Waals surface area contributed by atoms with E-state index in [1.54, 1.807) is 6.07 Å². The number of nitrogens with zero attached hydrogens (tertiary/aromatic N) is 3. The second kappa shape index (κ2) is 8.39. The van der Waals surface area contributed by atoms with Gasteiger partial charge in [0.1, 0.15) is 5.69 Å². The van der Waals surface area contributed by atoms with Crippen molar-refractivity contribution in [3.05, 3.63) is 62.6 Å². The molecule has 7 nitrogen and oxygen atoms in total. The van der Waals surface area contributed by atoms with E-state index >= 15 is 0 Å². The first kappa shape index (κ1) is 19.2. The van der Waals surface area contributed by atoms with Gasteiger partial charge in [-0.25, -0.2) is 0 Å². The quantitative estimate of drug-likeness (QED) is 0.574. The number of nitro benzene ring substituents is 1. The van der Waals surface area contributed by atoms with Gasteiger partial charge < -0.3 is 15.1 Å². The number of hydrogen-bond acceptors (Lipinski definition) is 5. The first-order valence-electron chi connectivity index (χ1n) is 8.81. The van der Waals surface area contributed by atoms with Crippen LogP contribution in [0.15, 0.2) is 46.9 Å². The Labute approximate surface area is 166 Å². The van der Waals surface area contributed by atoms with Gasteiger partial charge in [0.25, 0.3) is 11.6 Å². The third-order valence-corrected chi connectivity index (χ3v) is 5.04. The number of halogens is 1. The largest absolute Gasteiger partial charge is 0.380 e. The summed E-state index contributed by atoms with van der Waals surface area (Å²) in [6.07, 6.45) is 0. The van der Waals surface area contributed by atoms with E-state index in [1.165, 1.54) is 6.07 Å². The molecule has 0 unspecified atom stereocenters. The molecule has 0 bridgehead atoms. The maximum absolute atomic E-state index is 12.7. The van der Waals surface area contributed by atoms with Gasteiger partial charge in [0.2, 0.25) is 0 Å². The fraction of sp³-hybridized carbons (Fsp3) is 0.316. The molecule has 1 heterocycles. The van der Waals surface area contributed by atoms with E-state index < -0.39 is 0 Å². The Morgan fingerprint density at radius 3 is 2.56 bits per heavy atom. The Balaban J connectivity index is 1.69. The smallest absolute Gasteiger partial charge is 0.292 e. The third kappa shape index (κ3) is 4.39. The van der Waals surface area contributed by atoms with Gasteiger partial charge in [-0.2, -0.15) is 0 Å². The number of nitrogens with one attached hydrogen (secondary N) is 1. The molecule has 3 rings (SSSR count). The summed E-state index contributed by atoms with van der Waals surface area (Å²) < 4.78 is 0.883. The summed E-state index contributed by atoms with van der Waals surface area (Å²) in [5.41, 5.74) is 2.19. The lowest BCUT2D eigenvalue weighted by Crippen LogP contribution is -2.48. The van der Waals surface area contributed by atoms with Crippen molar-refractivity contribution >= 4 is 38.9 Å². The molecule has 1 fully saturated rings. The molecule has 1 amide bonds. The van der Waals surface area contributed by atoms with Crippen LogP contribution in [0.3, 0.4) is 0 Å². The topological polar surface area (TPSA) is 78.7 Å². The zero-order valence-corrected chi connectivity index (χ0v) is 16.6. The lowest BCUT2D eigenvalue weighted by molar-refractivity contribution is -0.383. The van der Waals surface area contributed by atoms with Gasteiger partial charge >= 0.3 is 0 Å². The Kier molecular flexibility index (Phi) is 5.95. The Morgan fingerprint density at radius 2 is 1.93 bits per heavy atom. The number of carbonyl (C=O) groups excluding carboxylic acids is 1. The molecule has 2 aromatic rings. The summed E-state index contributed by atoms with van der Waals surface area (Å²) in [5, 5.41) is 14.2. The number of benzene rings is 2. The fourth-order valence-electron chi connectivity index (χ4n) is 3.18. The lowest BCUT2D eigenvalue weighted by Gasteiger charge is -2.36. The van der Waals surface area contributed by atoms with E-state index in [-0.39, 0.29) is 16.5 Å². The van der Waals surface area contributed by atoms with Gasteiger partial charge in [-0.3, -0.25) is 14.9 Å². The minimum absolute atomic E-state index is 0.0213. The molecule has 2 aromatic carbocycles. The van der Waals surface area contributed by atoms with E-state index in [2.05, 4.69) is 26.1 Å². The molecule has 8 heteroatoms. The molecule has 0 aliphatic carbocycles. The molecule has 0 atom stereocenters. The molecule has 0 radical (unpaired) electrons. The van der Waals surface area contributed by atoms with Crippen LogP contribution in [0.4, 0.5) is 17.1 Å². The molecule has 1 aliphatic rings. The van der Waals surface area contributed by atoms with E-state index in [0.717, 1.165) is 10.2 Å². The van der Waals surface area contributed by atoms with Crippen LogP contribution in [-0.2, 0) is 0 Å². The molecule has 0 aromatic heterocycles. The maximum atomic E-state index is 12.7. The van der Waals surface area contributed by atoms with Crippen LogP contribution >= 0.6 is 15.9 Å². The normalized spacial score (nSPS) is 14.1. The average Bonchev–Trinajstić information content (AvgIpc) is 2.67. The summed E-state index contributed by atoms with van der Waals surface area (Å²) in [6.45, 7) is 5.10. The summed E-state index contributed by atoms with van der Waals surface area (Å²) in [4.78, 5) is 27.4. The first-order valence-corrected chi connectivity index (χ1v) is 9.61. The van der Waals surface area contributed by atoms with Crippen molar-refractivity contribution in [3.8, 4) is 0 Å². The van der Waals surface area contributed by atoms with E-state index in [0.29, 0.717) is 44.0 Å². The number of carbonyl (C=O) groups is 1. The number of anilines is 2. The lowest BCUT2D eigenvalue weighted by atomic mass is 10.1. The number of nitro groups is 1. The average molecular weight is 433 g/mol. The zero-order chi connectivity index (χ0) is 19.4. The van der Waals surface area contributed by atoms with Crippen LogP contribution in [-0.4, -0.2) is 48.5 Å². The van der Waals surface area contributed by atoms with Gasteiger partial charge in [0.05, 0.1) is 4.92 Å². The molecular weight excluding hydrogens is 412 g/mol. The Morgan fingerprint density at radius 1 is 1.19 bits per heavy atom. The molecular formula is C19H21BrN4O3. The van der Waals surface area contributed by atoms with Crippen molar-refractivity contribution in [1.82, 2.24) is 4.90 Å². The highest BCUT2D eigenvalue weighted by Gasteiger charge is 2.23. The van der Waals surface area contributed by atoms with Crippen molar-refractivity contribution in [2.75, 3.05) is 42.9 Å². The van der Waals surface area contributed by atoms with Crippen LogP contribution in [0.25, 0.3) is 0 Å². The number of rotatable bonds is 5. The van der Waals surface area contributed by atoms with Crippen molar-refractivity contribution in [3.63, 3.8) is 0 Å². The second-order valence-corrected chi connectivity index (χ2v) is 7.19. The van der Waals surface area contributed by atoms with Gasteiger partial charge in [-0.05, 0) is 37.3 Å². The van der Waals surface area contributed by atoms with Crippen molar-refractivity contribution < 1.29 is 9.72 Å². The highest BCUT2D eigenvalue weighted by molar-refractivity contribution is 9.10. The highest BCUT2D eigenvalue weighted by atomic mass is 79.9. The van der Waals surface area contributed by atoms with Crippen LogP contribution in [0.5, 0.6) is 0 Å². The summed E-state index contributed by atoms with van der Waals surface area (Å²) in [7, 11) is 0. The standard InChI is InChI=1S/C19H21BrN4O3/c1-2-21-17-13-16(6-7-18(17)24(26)27)22-8-10-23(11-9-22)19(25)14-4-3-5-15(20)12-14/h3-7,12-13,21H,2,8-11H2,1H3. The zero-order valence-electron chi connectivity index (χ0n) is 15.0. The predicted octanol–water partition coefficient (Wildman–Crippen LogP) is 3.75. The third-order valence-electron chi connectivity index (χ3n) is 4.55. The highest BCUT2D eigenvalue weighted by Crippen LogP contribution is 2.30. The van der Waals surface area contributed by atoms with E-state index in [1.807, 2.05) is 42.2 Å². The van der Waals surface area contributed by atoms with Crippen LogP contribution in [0.2, 0.25) is 0 Å². The van der Waals surface area contributed by atoms with Crippen molar-refractivity contribution in [2.24, 2.45) is 0 Å². The number of amides is 1. The summed E-state index contributed by atoms with van der Waals surface area (Å²) in [6, 6.07) is 12.5. The van der Waals surface area contributed by atoms with Gasteiger partial charge in [0.15, 0.2) is 0 Å². The van der Waals surface area contributed by atoms with Crippen molar-refractivity contribution in [2.45, 2.75) is 6.92 Å². The van der Waals surface area contributed by atoms with E-state index in [4.69, 9.17) is 0 Å². The molecule has 0 saturated carbocycles. The summed E-state index contributed by atoms with van der Waals surface area (Å²) >= 11 is 3.40. The molecule has 1 saturated heterocycles.